The average molecular weight is 421 g/mol. The number of methoxy groups -OCH3 is 1. The molecule has 0 aliphatic carbocycles. The molecule has 7 heteroatoms. The normalized spacial score (nSPS) is 14.2. The first-order valence-corrected chi connectivity index (χ1v) is 10.1. The van der Waals surface area contributed by atoms with Crippen LogP contribution in [0.3, 0.4) is 0 Å². The lowest BCUT2D eigenvalue weighted by Gasteiger charge is -2.26. The van der Waals surface area contributed by atoms with Gasteiger partial charge in [-0.25, -0.2) is 8.78 Å². The van der Waals surface area contributed by atoms with Crippen LogP contribution in [0, 0.1) is 11.6 Å². The van der Waals surface area contributed by atoms with Crippen LogP contribution in [0.25, 0.3) is 0 Å². The second-order valence-electron chi connectivity index (χ2n) is 7.47. The first kappa shape index (κ1) is 23.9. The third-order valence-electron chi connectivity index (χ3n) is 4.76. The number of aliphatic hydroxyl groups excluding tert-OH is 1. The van der Waals surface area contributed by atoms with Crippen LogP contribution in [0.5, 0.6) is 0 Å². The first-order valence-electron chi connectivity index (χ1n) is 10.1. The zero-order chi connectivity index (χ0) is 21.9. The highest BCUT2D eigenvalue weighted by atomic mass is 19.1. The van der Waals surface area contributed by atoms with Gasteiger partial charge in [0.15, 0.2) is 0 Å². The summed E-state index contributed by atoms with van der Waals surface area (Å²) in [6, 6.07) is 12.1. The van der Waals surface area contributed by atoms with E-state index in [1.807, 2.05) is 37.3 Å². The van der Waals surface area contributed by atoms with E-state index in [1.54, 1.807) is 7.11 Å². The predicted molar refractivity (Wildman–Crippen MR) is 112 cm³/mol. The van der Waals surface area contributed by atoms with Crippen LogP contribution in [-0.2, 0) is 22.4 Å². The Morgan fingerprint density at radius 2 is 1.77 bits per heavy atom. The van der Waals surface area contributed by atoms with Crippen molar-refractivity contribution in [1.82, 2.24) is 10.6 Å². The Morgan fingerprint density at radius 3 is 2.40 bits per heavy atom. The molecule has 0 saturated carbocycles. The third-order valence-corrected chi connectivity index (χ3v) is 4.76. The first-order chi connectivity index (χ1) is 14.4. The summed E-state index contributed by atoms with van der Waals surface area (Å²) >= 11 is 0. The lowest BCUT2D eigenvalue weighted by Crippen LogP contribution is -2.50. The number of amides is 1. The van der Waals surface area contributed by atoms with Gasteiger partial charge in [0.25, 0.3) is 0 Å². The molecule has 3 atom stereocenters. The van der Waals surface area contributed by atoms with Crippen molar-refractivity contribution in [1.29, 1.82) is 0 Å². The Labute approximate surface area is 176 Å². The van der Waals surface area contributed by atoms with E-state index in [1.165, 1.54) is 12.1 Å². The number of benzene rings is 2. The van der Waals surface area contributed by atoms with Crippen molar-refractivity contribution in [3.05, 3.63) is 71.3 Å². The van der Waals surface area contributed by atoms with Gasteiger partial charge >= 0.3 is 0 Å². The lowest BCUT2D eigenvalue weighted by atomic mass is 10.00. The van der Waals surface area contributed by atoms with Gasteiger partial charge in [0.05, 0.1) is 18.8 Å². The number of aliphatic hydroxyl groups is 1. The summed E-state index contributed by atoms with van der Waals surface area (Å²) in [5.41, 5.74) is 1.40. The smallest absolute Gasteiger partial charge is 0.220 e. The number of nitrogens with one attached hydrogen (secondary N) is 2. The van der Waals surface area contributed by atoms with Gasteiger partial charge in [-0.3, -0.25) is 4.79 Å². The van der Waals surface area contributed by atoms with E-state index in [2.05, 4.69) is 10.6 Å². The Hall–Kier alpha value is -2.35. The second-order valence-corrected chi connectivity index (χ2v) is 7.47. The summed E-state index contributed by atoms with van der Waals surface area (Å²) in [6.07, 6.45) is -0.0325. The highest BCUT2D eigenvalue weighted by Gasteiger charge is 2.23. The molecule has 0 spiro atoms. The summed E-state index contributed by atoms with van der Waals surface area (Å²) < 4.78 is 32.2. The number of ether oxygens (including phenoxy) is 1. The minimum Gasteiger partial charge on any atom is -0.390 e. The largest absolute Gasteiger partial charge is 0.390 e. The van der Waals surface area contributed by atoms with E-state index < -0.39 is 23.8 Å². The molecule has 1 unspecified atom stereocenters. The van der Waals surface area contributed by atoms with Crippen molar-refractivity contribution in [3.8, 4) is 0 Å². The van der Waals surface area contributed by atoms with Gasteiger partial charge in [-0.15, -0.1) is 0 Å². The molecule has 5 nitrogen and oxygen atoms in total. The molecule has 164 valence electrons. The Kier molecular flexibility index (Phi) is 9.86. The molecule has 0 bridgehead atoms. The van der Waals surface area contributed by atoms with Gasteiger partial charge in [0, 0.05) is 32.2 Å². The second kappa shape index (κ2) is 12.4. The van der Waals surface area contributed by atoms with E-state index >= 15 is 0 Å². The third kappa shape index (κ3) is 8.57. The zero-order valence-electron chi connectivity index (χ0n) is 17.4. The number of hydrogen-bond donors (Lipinski definition) is 3. The van der Waals surface area contributed by atoms with Gasteiger partial charge in [0.2, 0.25) is 5.91 Å². The summed E-state index contributed by atoms with van der Waals surface area (Å²) in [6.45, 7) is 2.58. The predicted octanol–water partition coefficient (Wildman–Crippen LogP) is 2.61. The number of aryl methyl sites for hydroxylation is 1. The van der Waals surface area contributed by atoms with Crippen LogP contribution >= 0.6 is 0 Å². The fraction of sp³-hybridized carbons (Fsp3) is 0.435. The van der Waals surface area contributed by atoms with Crippen molar-refractivity contribution in [2.24, 2.45) is 0 Å². The van der Waals surface area contributed by atoms with Crippen LogP contribution in [0.15, 0.2) is 48.5 Å². The summed E-state index contributed by atoms with van der Waals surface area (Å²) in [5, 5.41) is 16.6. The number of carbonyl (C=O) groups is 1. The Balaban J connectivity index is 2.02. The van der Waals surface area contributed by atoms with E-state index in [4.69, 9.17) is 4.74 Å². The van der Waals surface area contributed by atoms with Gasteiger partial charge in [0.1, 0.15) is 11.6 Å². The lowest BCUT2D eigenvalue weighted by molar-refractivity contribution is -0.122. The molecule has 0 aromatic heterocycles. The Morgan fingerprint density at radius 1 is 1.10 bits per heavy atom. The van der Waals surface area contributed by atoms with Gasteiger partial charge in [-0.1, -0.05) is 30.3 Å². The Bertz CT molecular complexity index is 769. The number of rotatable bonds is 12. The molecule has 0 saturated heterocycles. The topological polar surface area (TPSA) is 70.6 Å². The van der Waals surface area contributed by atoms with Crippen molar-refractivity contribution < 1.29 is 23.4 Å². The molecule has 0 fully saturated rings. The van der Waals surface area contributed by atoms with E-state index in [9.17, 15) is 18.7 Å². The van der Waals surface area contributed by atoms with Crippen molar-refractivity contribution in [2.75, 3.05) is 20.3 Å². The van der Waals surface area contributed by atoms with Gasteiger partial charge in [-0.2, -0.15) is 0 Å². The SMILES string of the molecule is COCC(C)NC[C@@H](O)[C@H](Cc1cc(F)cc(F)c1)NC(=O)CCc1ccccc1. The molecule has 30 heavy (non-hydrogen) atoms. The van der Waals surface area contributed by atoms with Crippen LogP contribution in [0.1, 0.15) is 24.5 Å². The number of hydrogen-bond acceptors (Lipinski definition) is 4. The molecule has 0 aliphatic heterocycles. The molecular weight excluding hydrogens is 390 g/mol. The van der Waals surface area contributed by atoms with Crippen molar-refractivity contribution in [2.45, 2.75) is 44.4 Å². The molecule has 3 N–H and O–H groups in total. The highest BCUT2D eigenvalue weighted by Crippen LogP contribution is 2.12. The van der Waals surface area contributed by atoms with Crippen molar-refractivity contribution >= 4 is 5.91 Å². The quantitative estimate of drug-likeness (QED) is 0.494. The maximum absolute atomic E-state index is 13.6. The molecular formula is C23H30F2N2O3. The maximum atomic E-state index is 13.6. The zero-order valence-corrected chi connectivity index (χ0v) is 17.4. The minimum atomic E-state index is -0.948. The van der Waals surface area contributed by atoms with Gasteiger partial charge in [-0.05, 0) is 43.0 Å². The fourth-order valence-corrected chi connectivity index (χ4v) is 3.22. The van der Waals surface area contributed by atoms with Crippen LogP contribution in [0.4, 0.5) is 8.78 Å². The molecule has 1 amide bonds. The van der Waals surface area contributed by atoms with Crippen molar-refractivity contribution in [3.63, 3.8) is 0 Å². The van der Waals surface area contributed by atoms with E-state index in [0.717, 1.165) is 11.6 Å². The van der Waals surface area contributed by atoms with E-state index in [-0.39, 0.29) is 31.3 Å². The monoisotopic (exact) mass is 420 g/mol. The maximum Gasteiger partial charge on any atom is 0.220 e. The molecule has 2 rings (SSSR count). The van der Waals surface area contributed by atoms with Crippen LogP contribution < -0.4 is 10.6 Å². The summed E-state index contributed by atoms with van der Waals surface area (Å²) in [4.78, 5) is 12.5. The number of halogens is 2. The average Bonchev–Trinajstić information content (AvgIpc) is 2.70. The molecule has 0 aliphatic rings. The standard InChI is InChI=1S/C23H30F2N2O3/c1-16(15-30-2)26-14-22(28)21(12-18-10-19(24)13-20(25)11-18)27-23(29)9-8-17-6-4-3-5-7-17/h3-7,10-11,13,16,21-22,26,28H,8-9,12,14-15H2,1-2H3,(H,27,29)/t16?,21-,22+/m0/s1. The number of carbonyl (C=O) groups excluding carboxylic acids is 1. The molecule has 0 radical (unpaired) electrons. The molecule has 2 aromatic rings. The summed E-state index contributed by atoms with van der Waals surface area (Å²) in [7, 11) is 1.59. The fourth-order valence-electron chi connectivity index (χ4n) is 3.22. The van der Waals surface area contributed by atoms with Crippen LogP contribution in [-0.4, -0.2) is 49.5 Å². The van der Waals surface area contributed by atoms with Gasteiger partial charge < -0.3 is 20.5 Å². The minimum absolute atomic E-state index is 0.00527. The van der Waals surface area contributed by atoms with Crippen LogP contribution in [0.2, 0.25) is 0 Å². The highest BCUT2D eigenvalue weighted by molar-refractivity contribution is 5.76. The molecule has 2 aromatic carbocycles. The van der Waals surface area contributed by atoms with E-state index in [0.29, 0.717) is 18.6 Å². The summed E-state index contributed by atoms with van der Waals surface area (Å²) in [5.74, 6) is -1.62. The molecule has 0 heterocycles.